The maximum absolute atomic E-state index is 12.7. The number of rotatable bonds is 3. The third-order valence-electron chi connectivity index (χ3n) is 6.03. The van der Waals surface area contributed by atoms with Crippen LogP contribution in [0.15, 0.2) is 36.3 Å². The van der Waals surface area contributed by atoms with E-state index in [1.165, 1.54) is 21.3 Å². The number of hydrogen-bond donors (Lipinski definition) is 0. The van der Waals surface area contributed by atoms with Crippen LogP contribution in [-0.4, -0.2) is 56.8 Å². The van der Waals surface area contributed by atoms with Crippen molar-refractivity contribution in [3.05, 3.63) is 63.3 Å². The second kappa shape index (κ2) is 7.71. The third kappa shape index (κ3) is 3.71. The van der Waals surface area contributed by atoms with Crippen molar-refractivity contribution in [2.45, 2.75) is 38.5 Å². The highest BCUT2D eigenvalue weighted by Crippen LogP contribution is 2.34. The van der Waals surface area contributed by atoms with Gasteiger partial charge in [0.25, 0.3) is 5.91 Å². The molecule has 2 aromatic heterocycles. The van der Waals surface area contributed by atoms with Gasteiger partial charge in [0.2, 0.25) is 0 Å². The van der Waals surface area contributed by atoms with Crippen molar-refractivity contribution < 1.29 is 4.79 Å². The van der Waals surface area contributed by atoms with Gasteiger partial charge < -0.3 is 9.80 Å². The zero-order chi connectivity index (χ0) is 19.8. The van der Waals surface area contributed by atoms with E-state index in [0.717, 1.165) is 57.6 Å². The number of aromatic nitrogens is 3. The van der Waals surface area contributed by atoms with Gasteiger partial charge in [-0.25, -0.2) is 9.97 Å². The Hall–Kier alpha value is -2.54. The standard InChI is InChI=1S/C22H25N5OS/c1-15-13-23-14-19(24-15)22(28)27-9-5-16(6-10-27)21-25-18-7-11-26(17-3-2-4-17)12-8-20(18)29-21/h2-4,13-14,16H,5-12H2,1H3. The summed E-state index contributed by atoms with van der Waals surface area (Å²) in [5, 5.41) is 1.27. The first-order chi connectivity index (χ1) is 14.2. The van der Waals surface area contributed by atoms with Crippen molar-refractivity contribution in [3.8, 4) is 0 Å². The number of likely N-dealkylation sites (tertiary alicyclic amines) is 1. The van der Waals surface area contributed by atoms with Crippen molar-refractivity contribution in [3.63, 3.8) is 0 Å². The quantitative estimate of drug-likeness (QED) is 0.782. The molecule has 0 radical (unpaired) electrons. The van der Waals surface area contributed by atoms with Crippen LogP contribution in [0.2, 0.25) is 0 Å². The Morgan fingerprint density at radius 2 is 1.90 bits per heavy atom. The van der Waals surface area contributed by atoms with Crippen LogP contribution in [-0.2, 0) is 12.8 Å². The van der Waals surface area contributed by atoms with Gasteiger partial charge in [0.05, 0.1) is 22.6 Å². The number of piperidine rings is 1. The largest absolute Gasteiger partial charge is 0.371 e. The van der Waals surface area contributed by atoms with E-state index >= 15 is 0 Å². The molecule has 5 rings (SSSR count). The van der Waals surface area contributed by atoms with Gasteiger partial charge in [-0.2, -0.15) is 0 Å². The van der Waals surface area contributed by atoms with Gasteiger partial charge in [-0.3, -0.25) is 9.78 Å². The molecule has 29 heavy (non-hydrogen) atoms. The van der Waals surface area contributed by atoms with E-state index in [0.29, 0.717) is 11.6 Å². The van der Waals surface area contributed by atoms with E-state index in [1.807, 2.05) is 23.2 Å². The molecule has 1 fully saturated rings. The lowest BCUT2D eigenvalue weighted by Gasteiger charge is -2.31. The predicted octanol–water partition coefficient (Wildman–Crippen LogP) is 3.12. The van der Waals surface area contributed by atoms with Crippen molar-refractivity contribution in [2.75, 3.05) is 26.2 Å². The van der Waals surface area contributed by atoms with Crippen LogP contribution in [0.1, 0.15) is 50.5 Å². The Labute approximate surface area is 175 Å². The van der Waals surface area contributed by atoms with Gasteiger partial charge in [-0.15, -0.1) is 11.3 Å². The molecule has 1 aliphatic carbocycles. The van der Waals surface area contributed by atoms with Gasteiger partial charge in [0, 0.05) is 61.7 Å². The lowest BCUT2D eigenvalue weighted by molar-refractivity contribution is 0.0706. The van der Waals surface area contributed by atoms with E-state index in [2.05, 4.69) is 33.1 Å². The highest BCUT2D eigenvalue weighted by atomic mass is 32.1. The minimum atomic E-state index is -0.00555. The predicted molar refractivity (Wildman–Crippen MR) is 113 cm³/mol. The van der Waals surface area contributed by atoms with Crippen molar-refractivity contribution in [2.24, 2.45) is 0 Å². The molecule has 0 N–H and O–H groups in total. The molecule has 0 aromatic carbocycles. The third-order valence-corrected chi connectivity index (χ3v) is 7.35. The minimum Gasteiger partial charge on any atom is -0.371 e. The van der Waals surface area contributed by atoms with Crippen LogP contribution < -0.4 is 0 Å². The number of aryl methyl sites for hydroxylation is 1. The van der Waals surface area contributed by atoms with Crippen LogP contribution in [0, 0.1) is 6.92 Å². The molecular weight excluding hydrogens is 382 g/mol. The number of amides is 1. The number of hydrogen-bond acceptors (Lipinski definition) is 6. The summed E-state index contributed by atoms with van der Waals surface area (Å²) in [4.78, 5) is 32.0. The molecule has 2 aliphatic heterocycles. The van der Waals surface area contributed by atoms with E-state index < -0.39 is 0 Å². The summed E-state index contributed by atoms with van der Waals surface area (Å²) in [6.07, 6.45) is 13.8. The first-order valence-corrected chi connectivity index (χ1v) is 11.2. The van der Waals surface area contributed by atoms with Crippen molar-refractivity contribution in [1.29, 1.82) is 0 Å². The monoisotopic (exact) mass is 407 g/mol. The van der Waals surface area contributed by atoms with Gasteiger partial charge >= 0.3 is 0 Å². The molecule has 4 heterocycles. The van der Waals surface area contributed by atoms with Crippen LogP contribution in [0.25, 0.3) is 0 Å². The van der Waals surface area contributed by atoms with E-state index in [9.17, 15) is 4.79 Å². The molecule has 1 saturated heterocycles. The fourth-order valence-corrected chi connectivity index (χ4v) is 5.54. The summed E-state index contributed by atoms with van der Waals surface area (Å²) in [6, 6.07) is 0. The van der Waals surface area contributed by atoms with Gasteiger partial charge in [-0.1, -0.05) is 6.08 Å². The average Bonchev–Trinajstić information content (AvgIpc) is 3.02. The molecule has 0 spiro atoms. The smallest absolute Gasteiger partial charge is 0.274 e. The summed E-state index contributed by atoms with van der Waals surface area (Å²) in [7, 11) is 0. The fraction of sp³-hybridized carbons (Fsp3) is 0.455. The number of carbonyl (C=O) groups is 1. The Bertz CT molecular complexity index is 961. The molecule has 6 nitrogen and oxygen atoms in total. The normalized spacial score (nSPS) is 19.4. The average molecular weight is 408 g/mol. The molecule has 0 unspecified atom stereocenters. The summed E-state index contributed by atoms with van der Waals surface area (Å²) >= 11 is 1.90. The summed E-state index contributed by atoms with van der Waals surface area (Å²) in [5.41, 5.74) is 3.88. The second-order valence-electron chi connectivity index (χ2n) is 7.97. The Morgan fingerprint density at radius 3 is 2.62 bits per heavy atom. The maximum Gasteiger partial charge on any atom is 0.274 e. The number of carbonyl (C=O) groups excluding carboxylic acids is 1. The summed E-state index contributed by atoms with van der Waals surface area (Å²) in [6.45, 7) is 5.52. The second-order valence-corrected chi connectivity index (χ2v) is 9.09. The van der Waals surface area contributed by atoms with E-state index in [-0.39, 0.29) is 5.91 Å². The molecule has 0 saturated carbocycles. The Kier molecular flexibility index (Phi) is 4.91. The zero-order valence-corrected chi connectivity index (χ0v) is 17.5. The fourth-order valence-electron chi connectivity index (χ4n) is 4.27. The van der Waals surface area contributed by atoms with Crippen LogP contribution in [0.4, 0.5) is 0 Å². The number of nitrogens with zero attached hydrogens (tertiary/aromatic N) is 5. The van der Waals surface area contributed by atoms with E-state index in [1.54, 1.807) is 12.4 Å². The molecular formula is C22H25N5OS. The summed E-state index contributed by atoms with van der Waals surface area (Å²) in [5.74, 6) is 0.460. The molecule has 2 aromatic rings. The lowest BCUT2D eigenvalue weighted by Crippen LogP contribution is -2.38. The SMILES string of the molecule is Cc1cncc(C(=O)N2CCC(c3nc4c(s3)CCN(C3=CC=C3)CC4)CC2)n1. The van der Waals surface area contributed by atoms with Gasteiger partial charge in [0.1, 0.15) is 5.69 Å². The van der Waals surface area contributed by atoms with E-state index in [4.69, 9.17) is 4.98 Å². The van der Waals surface area contributed by atoms with Crippen LogP contribution in [0.3, 0.4) is 0 Å². The Balaban J connectivity index is 1.20. The first kappa shape index (κ1) is 18.5. The lowest BCUT2D eigenvalue weighted by atomic mass is 9.97. The molecule has 0 bridgehead atoms. The number of allylic oxidation sites excluding steroid dienone is 3. The van der Waals surface area contributed by atoms with Gasteiger partial charge in [-0.05, 0) is 31.9 Å². The molecule has 1 amide bonds. The highest BCUT2D eigenvalue weighted by molar-refractivity contribution is 7.11. The van der Waals surface area contributed by atoms with Crippen molar-refractivity contribution >= 4 is 17.2 Å². The van der Waals surface area contributed by atoms with Gasteiger partial charge in [0.15, 0.2) is 0 Å². The topological polar surface area (TPSA) is 62.2 Å². The first-order valence-electron chi connectivity index (χ1n) is 10.4. The maximum atomic E-state index is 12.7. The number of thiazole rings is 1. The molecule has 0 atom stereocenters. The van der Waals surface area contributed by atoms with Crippen molar-refractivity contribution in [1.82, 2.24) is 24.8 Å². The minimum absolute atomic E-state index is 0.00555. The highest BCUT2D eigenvalue weighted by Gasteiger charge is 2.29. The molecule has 150 valence electrons. The zero-order valence-electron chi connectivity index (χ0n) is 16.7. The van der Waals surface area contributed by atoms with Crippen LogP contribution in [0.5, 0.6) is 0 Å². The Morgan fingerprint density at radius 1 is 1.10 bits per heavy atom. The molecule has 3 aliphatic rings. The molecule has 7 heteroatoms. The van der Waals surface area contributed by atoms with Crippen LogP contribution >= 0.6 is 11.3 Å². The number of fused-ring (bicyclic) bond motifs is 1. The summed E-state index contributed by atoms with van der Waals surface area (Å²) < 4.78 is 0.